The van der Waals surface area contributed by atoms with Crippen LogP contribution in [0.4, 0.5) is 0 Å². The fraction of sp³-hybridized carbons (Fsp3) is 0.357. The lowest BCUT2D eigenvalue weighted by Crippen LogP contribution is -2.34. The molecule has 0 N–H and O–H groups in total. The van der Waals surface area contributed by atoms with Crippen LogP contribution in [-0.4, -0.2) is 24.4 Å². The van der Waals surface area contributed by atoms with E-state index in [0.29, 0.717) is 13.0 Å². The van der Waals surface area contributed by atoms with Gasteiger partial charge in [0.15, 0.2) is 0 Å². The normalized spacial score (nSPS) is 11.1. The molecule has 1 amide bonds. The molecule has 0 aliphatic rings. The minimum atomic E-state index is -0.684. The molecule has 1 rings (SSSR count). The van der Waals surface area contributed by atoms with Crippen molar-refractivity contribution in [3.8, 4) is 12.1 Å². The highest BCUT2D eigenvalue weighted by atomic mass is 16.2. The van der Waals surface area contributed by atoms with Gasteiger partial charge in [0.2, 0.25) is 5.91 Å². The molecular weight excluding hydrogens is 226 g/mol. The van der Waals surface area contributed by atoms with Gasteiger partial charge in [-0.05, 0) is 12.0 Å². The van der Waals surface area contributed by atoms with Crippen LogP contribution in [0.3, 0.4) is 0 Å². The number of rotatable bonds is 5. The first kappa shape index (κ1) is 13.7. The summed E-state index contributed by atoms with van der Waals surface area (Å²) in [6, 6.07) is 13.5. The van der Waals surface area contributed by atoms with Crippen molar-refractivity contribution in [2.24, 2.45) is 5.92 Å². The van der Waals surface area contributed by atoms with Crippen LogP contribution in [0.5, 0.6) is 0 Å². The van der Waals surface area contributed by atoms with E-state index in [0.717, 1.165) is 5.56 Å². The van der Waals surface area contributed by atoms with Crippen LogP contribution in [0.2, 0.25) is 0 Å². The Balaban J connectivity index is 2.64. The van der Waals surface area contributed by atoms with Gasteiger partial charge in [0.1, 0.15) is 5.92 Å². The van der Waals surface area contributed by atoms with Crippen molar-refractivity contribution in [1.29, 1.82) is 10.5 Å². The van der Waals surface area contributed by atoms with Crippen molar-refractivity contribution in [3.63, 3.8) is 0 Å². The maximum Gasteiger partial charge on any atom is 0.240 e. The molecule has 0 fully saturated rings. The van der Waals surface area contributed by atoms with Gasteiger partial charge in [-0.25, -0.2) is 0 Å². The molecule has 1 unspecified atom stereocenters. The third-order valence-electron chi connectivity index (χ3n) is 2.67. The van der Waals surface area contributed by atoms with Gasteiger partial charge in [-0.15, -0.1) is 0 Å². The fourth-order valence-electron chi connectivity index (χ4n) is 1.63. The smallest absolute Gasteiger partial charge is 0.240 e. The molecule has 0 aliphatic carbocycles. The quantitative estimate of drug-likeness (QED) is 0.788. The van der Waals surface area contributed by atoms with E-state index in [-0.39, 0.29) is 12.3 Å². The molecule has 18 heavy (non-hydrogen) atoms. The molecule has 4 nitrogen and oxygen atoms in total. The van der Waals surface area contributed by atoms with Crippen LogP contribution in [0.25, 0.3) is 0 Å². The van der Waals surface area contributed by atoms with Crippen molar-refractivity contribution in [2.45, 2.75) is 12.8 Å². The zero-order chi connectivity index (χ0) is 13.4. The number of carbonyl (C=O) groups is 1. The topological polar surface area (TPSA) is 67.9 Å². The van der Waals surface area contributed by atoms with Gasteiger partial charge in [-0.2, -0.15) is 10.5 Å². The van der Waals surface area contributed by atoms with Gasteiger partial charge in [0, 0.05) is 13.6 Å². The van der Waals surface area contributed by atoms with Crippen LogP contribution in [-0.2, 0) is 11.2 Å². The van der Waals surface area contributed by atoms with Crippen LogP contribution in [0, 0.1) is 28.6 Å². The first-order chi connectivity index (χ1) is 8.69. The maximum atomic E-state index is 12.0. The van der Waals surface area contributed by atoms with Crippen molar-refractivity contribution in [1.82, 2.24) is 4.90 Å². The summed E-state index contributed by atoms with van der Waals surface area (Å²) in [6.07, 6.45) is 0.693. The second-order valence-electron chi connectivity index (χ2n) is 4.04. The van der Waals surface area contributed by atoms with Crippen molar-refractivity contribution >= 4 is 5.91 Å². The molecule has 0 radical (unpaired) electrons. The van der Waals surface area contributed by atoms with E-state index in [1.165, 1.54) is 4.90 Å². The zero-order valence-electron chi connectivity index (χ0n) is 10.3. The first-order valence-corrected chi connectivity index (χ1v) is 5.74. The Morgan fingerprint density at radius 2 is 2.00 bits per heavy atom. The molecule has 92 valence electrons. The summed E-state index contributed by atoms with van der Waals surface area (Å²) in [5, 5.41) is 17.5. The Morgan fingerprint density at radius 1 is 1.33 bits per heavy atom. The molecule has 0 aliphatic heterocycles. The summed E-state index contributed by atoms with van der Waals surface area (Å²) in [5.74, 6) is -0.910. The first-order valence-electron chi connectivity index (χ1n) is 5.74. The third kappa shape index (κ3) is 3.92. The van der Waals surface area contributed by atoms with Gasteiger partial charge in [0.05, 0.1) is 18.6 Å². The SMILES string of the molecule is CN(CCC#N)C(=O)C(C#N)Cc1ccccc1. The average Bonchev–Trinajstić information content (AvgIpc) is 2.42. The van der Waals surface area contributed by atoms with Gasteiger partial charge in [0.25, 0.3) is 0 Å². The molecular formula is C14H15N3O. The molecule has 0 saturated carbocycles. The fourth-order valence-corrected chi connectivity index (χ4v) is 1.63. The van der Waals surface area contributed by atoms with Gasteiger partial charge < -0.3 is 4.90 Å². The minimum Gasteiger partial charge on any atom is -0.344 e. The third-order valence-corrected chi connectivity index (χ3v) is 2.67. The summed E-state index contributed by atoms with van der Waals surface area (Å²) >= 11 is 0. The molecule has 1 aromatic rings. The van der Waals surface area contributed by atoms with Gasteiger partial charge in [-0.3, -0.25) is 4.79 Å². The van der Waals surface area contributed by atoms with Crippen molar-refractivity contribution in [3.05, 3.63) is 35.9 Å². The van der Waals surface area contributed by atoms with E-state index in [9.17, 15) is 4.79 Å². The Hall–Kier alpha value is -2.33. The summed E-state index contributed by atoms with van der Waals surface area (Å²) in [4.78, 5) is 13.4. The Bertz CT molecular complexity index is 470. The Labute approximate surface area is 107 Å². The Morgan fingerprint density at radius 3 is 2.56 bits per heavy atom. The number of nitrogens with zero attached hydrogens (tertiary/aromatic N) is 3. The molecule has 1 aromatic carbocycles. The minimum absolute atomic E-state index is 0.225. The van der Waals surface area contributed by atoms with Crippen LogP contribution < -0.4 is 0 Å². The number of hydrogen-bond acceptors (Lipinski definition) is 3. The van der Waals surface area contributed by atoms with E-state index in [1.807, 2.05) is 42.5 Å². The van der Waals surface area contributed by atoms with Crippen molar-refractivity contribution < 1.29 is 4.79 Å². The predicted octanol–water partition coefficient (Wildman–Crippen LogP) is 1.74. The summed E-state index contributed by atoms with van der Waals surface area (Å²) in [5.41, 5.74) is 0.964. The van der Waals surface area contributed by atoms with E-state index in [2.05, 4.69) is 0 Å². The van der Waals surface area contributed by atoms with Crippen LogP contribution in [0.15, 0.2) is 30.3 Å². The predicted molar refractivity (Wildman–Crippen MR) is 67.1 cm³/mol. The number of benzene rings is 1. The van der Waals surface area contributed by atoms with Crippen molar-refractivity contribution in [2.75, 3.05) is 13.6 Å². The molecule has 0 bridgehead atoms. The Kier molecular flexibility index (Phi) is 5.41. The highest BCUT2D eigenvalue weighted by molar-refractivity contribution is 5.81. The maximum absolute atomic E-state index is 12.0. The summed E-state index contributed by atoms with van der Waals surface area (Å²) < 4.78 is 0. The molecule has 0 aromatic heterocycles. The van der Waals surface area contributed by atoms with Crippen LogP contribution in [0.1, 0.15) is 12.0 Å². The van der Waals surface area contributed by atoms with E-state index in [4.69, 9.17) is 10.5 Å². The van der Waals surface area contributed by atoms with Gasteiger partial charge >= 0.3 is 0 Å². The largest absolute Gasteiger partial charge is 0.344 e. The molecule has 0 heterocycles. The summed E-state index contributed by atoms with van der Waals surface area (Å²) in [7, 11) is 1.62. The lowest BCUT2D eigenvalue weighted by molar-refractivity contribution is -0.132. The van der Waals surface area contributed by atoms with Gasteiger partial charge in [-0.1, -0.05) is 30.3 Å². The second-order valence-corrected chi connectivity index (χ2v) is 4.04. The standard InChI is InChI=1S/C14H15N3O/c1-17(9-5-8-15)14(18)13(11-16)10-12-6-3-2-4-7-12/h2-4,6-7,13H,5,9-10H2,1H3. The number of amides is 1. The van der Waals surface area contributed by atoms with E-state index < -0.39 is 5.92 Å². The number of nitriles is 2. The molecule has 0 spiro atoms. The number of carbonyl (C=O) groups excluding carboxylic acids is 1. The average molecular weight is 241 g/mol. The monoisotopic (exact) mass is 241 g/mol. The molecule has 1 atom stereocenters. The lowest BCUT2D eigenvalue weighted by atomic mass is 9.99. The molecule has 4 heteroatoms. The molecule has 0 saturated heterocycles. The highest BCUT2D eigenvalue weighted by Crippen LogP contribution is 2.10. The lowest BCUT2D eigenvalue weighted by Gasteiger charge is -2.18. The number of hydrogen-bond donors (Lipinski definition) is 0. The van der Waals surface area contributed by atoms with E-state index in [1.54, 1.807) is 7.05 Å². The highest BCUT2D eigenvalue weighted by Gasteiger charge is 2.21. The zero-order valence-corrected chi connectivity index (χ0v) is 10.3. The summed E-state index contributed by atoms with van der Waals surface area (Å²) in [6.45, 7) is 0.363. The van der Waals surface area contributed by atoms with Crippen LogP contribution >= 0.6 is 0 Å². The van der Waals surface area contributed by atoms with E-state index >= 15 is 0 Å². The second kappa shape index (κ2) is 7.09.